The second-order valence-corrected chi connectivity index (χ2v) is 4.82. The molecule has 3 rings (SSSR count). The minimum absolute atomic E-state index is 0.0557. The summed E-state index contributed by atoms with van der Waals surface area (Å²) in [5.41, 5.74) is 3.43. The summed E-state index contributed by atoms with van der Waals surface area (Å²) in [4.78, 5) is 0. The molecule has 1 aliphatic rings. The van der Waals surface area contributed by atoms with Crippen molar-refractivity contribution in [3.8, 4) is 0 Å². The van der Waals surface area contributed by atoms with Gasteiger partial charge in [0.1, 0.15) is 6.10 Å². The van der Waals surface area contributed by atoms with Gasteiger partial charge in [-0.05, 0) is 11.1 Å². The molecule has 0 saturated heterocycles. The number of hydrogen-bond donors (Lipinski definition) is 0. The van der Waals surface area contributed by atoms with E-state index in [1.165, 1.54) is 5.56 Å². The third-order valence-electron chi connectivity index (χ3n) is 3.48. The molecule has 2 aromatic rings. The molecular formula is C17H18O3. The molecular weight excluding hydrogens is 252 g/mol. The van der Waals surface area contributed by atoms with Gasteiger partial charge in [-0.3, -0.25) is 0 Å². The van der Waals surface area contributed by atoms with Crippen LogP contribution < -0.4 is 0 Å². The van der Waals surface area contributed by atoms with Crippen LogP contribution in [0.5, 0.6) is 0 Å². The molecule has 2 atom stereocenters. The number of methoxy groups -OCH3 is 1. The molecule has 0 bridgehead atoms. The van der Waals surface area contributed by atoms with E-state index in [0.717, 1.165) is 11.1 Å². The monoisotopic (exact) mass is 270 g/mol. The Morgan fingerprint density at radius 2 is 1.65 bits per heavy atom. The first-order chi connectivity index (χ1) is 9.88. The maximum absolute atomic E-state index is 5.87. The van der Waals surface area contributed by atoms with E-state index in [9.17, 15) is 0 Å². The molecule has 0 unspecified atom stereocenters. The number of fused-ring (bicyclic) bond motifs is 1. The van der Waals surface area contributed by atoms with Crippen molar-refractivity contribution in [3.05, 3.63) is 71.3 Å². The Morgan fingerprint density at radius 3 is 2.40 bits per heavy atom. The lowest BCUT2D eigenvalue weighted by Crippen LogP contribution is -2.08. The van der Waals surface area contributed by atoms with Crippen LogP contribution >= 0.6 is 0 Å². The summed E-state index contributed by atoms with van der Waals surface area (Å²) in [6.07, 6.45) is -0.337. The summed E-state index contributed by atoms with van der Waals surface area (Å²) in [5, 5.41) is 0. The maximum atomic E-state index is 5.87. The van der Waals surface area contributed by atoms with E-state index in [0.29, 0.717) is 13.2 Å². The Balaban J connectivity index is 1.62. The highest BCUT2D eigenvalue weighted by Gasteiger charge is 2.31. The highest BCUT2D eigenvalue weighted by Crippen LogP contribution is 2.39. The second-order valence-electron chi connectivity index (χ2n) is 4.82. The highest BCUT2D eigenvalue weighted by atomic mass is 16.7. The van der Waals surface area contributed by atoms with Crippen molar-refractivity contribution in [1.82, 2.24) is 0 Å². The molecule has 3 nitrogen and oxygen atoms in total. The summed E-state index contributed by atoms with van der Waals surface area (Å²) >= 11 is 0. The number of benzene rings is 2. The lowest BCUT2D eigenvalue weighted by molar-refractivity contribution is -0.157. The van der Waals surface area contributed by atoms with Gasteiger partial charge in [0.2, 0.25) is 0 Å². The summed E-state index contributed by atoms with van der Waals surface area (Å²) in [6, 6.07) is 18.3. The van der Waals surface area contributed by atoms with E-state index in [1.54, 1.807) is 7.11 Å². The summed E-state index contributed by atoms with van der Waals surface area (Å²) in [7, 11) is 1.66. The van der Waals surface area contributed by atoms with Gasteiger partial charge < -0.3 is 14.2 Å². The van der Waals surface area contributed by atoms with Gasteiger partial charge in [0.15, 0.2) is 6.29 Å². The van der Waals surface area contributed by atoms with Crippen molar-refractivity contribution in [1.29, 1.82) is 0 Å². The van der Waals surface area contributed by atoms with Crippen LogP contribution in [0.2, 0.25) is 0 Å². The van der Waals surface area contributed by atoms with Gasteiger partial charge in [0.05, 0.1) is 13.2 Å². The summed E-state index contributed by atoms with van der Waals surface area (Å²) in [6.45, 7) is 1.13. The zero-order valence-electron chi connectivity index (χ0n) is 11.5. The van der Waals surface area contributed by atoms with Crippen molar-refractivity contribution in [3.63, 3.8) is 0 Å². The first-order valence-corrected chi connectivity index (χ1v) is 6.77. The van der Waals surface area contributed by atoms with Crippen LogP contribution in [0.15, 0.2) is 54.6 Å². The third-order valence-corrected chi connectivity index (χ3v) is 3.48. The Kier molecular flexibility index (Phi) is 4.11. The maximum Gasteiger partial charge on any atom is 0.184 e. The van der Waals surface area contributed by atoms with Gasteiger partial charge in [-0.2, -0.15) is 0 Å². The Bertz CT molecular complexity index is 553. The molecule has 0 radical (unpaired) electrons. The minimum Gasteiger partial charge on any atom is -0.374 e. The Labute approximate surface area is 119 Å². The predicted octanol–water partition coefficient (Wildman–Crippen LogP) is 3.62. The van der Waals surface area contributed by atoms with Crippen molar-refractivity contribution >= 4 is 0 Å². The number of rotatable bonds is 5. The molecule has 104 valence electrons. The van der Waals surface area contributed by atoms with Crippen molar-refractivity contribution in [2.24, 2.45) is 0 Å². The molecule has 3 heteroatoms. The topological polar surface area (TPSA) is 27.7 Å². The number of hydrogen-bond acceptors (Lipinski definition) is 3. The molecule has 20 heavy (non-hydrogen) atoms. The molecule has 0 N–H and O–H groups in total. The van der Waals surface area contributed by atoms with E-state index >= 15 is 0 Å². The van der Waals surface area contributed by atoms with Crippen LogP contribution in [-0.2, 0) is 20.8 Å². The second kappa shape index (κ2) is 6.18. The molecule has 0 saturated carbocycles. The van der Waals surface area contributed by atoms with Gasteiger partial charge in [0, 0.05) is 12.7 Å². The van der Waals surface area contributed by atoms with Gasteiger partial charge in [-0.1, -0.05) is 54.6 Å². The van der Waals surface area contributed by atoms with Crippen LogP contribution in [0.3, 0.4) is 0 Å². The van der Waals surface area contributed by atoms with E-state index in [-0.39, 0.29) is 12.4 Å². The van der Waals surface area contributed by atoms with Crippen molar-refractivity contribution < 1.29 is 14.2 Å². The molecule has 0 aliphatic carbocycles. The van der Waals surface area contributed by atoms with Crippen LogP contribution in [0.4, 0.5) is 0 Å². The smallest absolute Gasteiger partial charge is 0.184 e. The average molecular weight is 270 g/mol. The van der Waals surface area contributed by atoms with Crippen LogP contribution in [0.25, 0.3) is 0 Å². The van der Waals surface area contributed by atoms with Crippen LogP contribution in [0.1, 0.15) is 29.1 Å². The van der Waals surface area contributed by atoms with Gasteiger partial charge in [0.25, 0.3) is 0 Å². The first kappa shape index (κ1) is 13.3. The van der Waals surface area contributed by atoms with Gasteiger partial charge in [-0.25, -0.2) is 0 Å². The first-order valence-electron chi connectivity index (χ1n) is 6.77. The fraction of sp³-hybridized carbons (Fsp3) is 0.294. The van der Waals surface area contributed by atoms with E-state index in [4.69, 9.17) is 14.2 Å². The molecule has 0 fully saturated rings. The molecule has 1 aliphatic heterocycles. The standard InChI is InChI=1S/C17H18O3/c1-18-17-15-10-6-5-9-14(15)16(20-17)12-19-11-13-7-3-2-4-8-13/h2-10,16-17H,11-12H2,1H3/t16-,17+/m0/s1. The lowest BCUT2D eigenvalue weighted by atomic mass is 10.1. The van der Waals surface area contributed by atoms with Crippen molar-refractivity contribution in [2.45, 2.75) is 19.0 Å². The van der Waals surface area contributed by atoms with E-state index in [2.05, 4.69) is 18.2 Å². The summed E-state index contributed by atoms with van der Waals surface area (Å²) in [5.74, 6) is 0. The highest BCUT2D eigenvalue weighted by molar-refractivity contribution is 5.33. The molecule has 1 heterocycles. The number of ether oxygens (including phenoxy) is 3. The largest absolute Gasteiger partial charge is 0.374 e. The summed E-state index contributed by atoms with van der Waals surface area (Å²) < 4.78 is 17.0. The fourth-order valence-electron chi connectivity index (χ4n) is 2.48. The van der Waals surface area contributed by atoms with Gasteiger partial charge >= 0.3 is 0 Å². The normalized spacial score (nSPS) is 20.9. The molecule has 0 aromatic heterocycles. The molecule has 0 spiro atoms. The quantitative estimate of drug-likeness (QED) is 0.830. The van der Waals surface area contributed by atoms with Gasteiger partial charge in [-0.15, -0.1) is 0 Å². The minimum atomic E-state index is -0.281. The van der Waals surface area contributed by atoms with E-state index in [1.807, 2.05) is 36.4 Å². The lowest BCUT2D eigenvalue weighted by Gasteiger charge is -2.13. The molecule has 2 aromatic carbocycles. The third kappa shape index (κ3) is 2.75. The predicted molar refractivity (Wildman–Crippen MR) is 76.1 cm³/mol. The zero-order valence-corrected chi connectivity index (χ0v) is 11.5. The Hall–Kier alpha value is -1.68. The fourth-order valence-corrected chi connectivity index (χ4v) is 2.48. The SMILES string of the molecule is CO[C@@H]1O[C@@H](COCc2ccccc2)c2ccccc21. The van der Waals surface area contributed by atoms with E-state index < -0.39 is 0 Å². The Morgan fingerprint density at radius 1 is 0.950 bits per heavy atom. The zero-order chi connectivity index (χ0) is 13.8. The van der Waals surface area contributed by atoms with Crippen LogP contribution in [0, 0.1) is 0 Å². The molecule has 0 amide bonds. The average Bonchev–Trinajstić information content (AvgIpc) is 2.87. The van der Waals surface area contributed by atoms with Crippen molar-refractivity contribution in [2.75, 3.05) is 13.7 Å². The van der Waals surface area contributed by atoms with Crippen LogP contribution in [-0.4, -0.2) is 13.7 Å².